The SMILES string of the molecule is CCC(CC)NC(=O)c1nc(N2CCCC2)c2c(C)scc2n1. The molecular formula is C17H24N4OS. The fourth-order valence-electron chi connectivity index (χ4n) is 3.09. The highest BCUT2D eigenvalue weighted by Gasteiger charge is 2.23. The number of hydrogen-bond donors (Lipinski definition) is 1. The number of rotatable bonds is 5. The number of amides is 1. The number of thiophene rings is 1. The van der Waals surface area contributed by atoms with Crippen molar-refractivity contribution in [2.45, 2.75) is 52.5 Å². The number of hydrogen-bond acceptors (Lipinski definition) is 5. The van der Waals surface area contributed by atoms with Crippen LogP contribution in [0.25, 0.3) is 10.9 Å². The van der Waals surface area contributed by atoms with Crippen LogP contribution in [0.15, 0.2) is 5.38 Å². The number of nitrogens with zero attached hydrogens (tertiary/aromatic N) is 3. The smallest absolute Gasteiger partial charge is 0.289 e. The van der Waals surface area contributed by atoms with Gasteiger partial charge in [-0.15, -0.1) is 11.3 Å². The summed E-state index contributed by atoms with van der Waals surface area (Å²) in [5, 5.41) is 6.18. The molecule has 2 aromatic rings. The molecule has 1 fully saturated rings. The highest BCUT2D eigenvalue weighted by Crippen LogP contribution is 2.33. The summed E-state index contributed by atoms with van der Waals surface area (Å²) in [4.78, 5) is 25.2. The van der Waals surface area contributed by atoms with E-state index >= 15 is 0 Å². The van der Waals surface area contributed by atoms with Gasteiger partial charge in [-0.2, -0.15) is 0 Å². The first-order valence-corrected chi connectivity index (χ1v) is 9.33. The van der Waals surface area contributed by atoms with Crippen molar-refractivity contribution >= 4 is 34.0 Å². The average Bonchev–Trinajstić information content (AvgIpc) is 3.22. The van der Waals surface area contributed by atoms with Gasteiger partial charge in [0.15, 0.2) is 0 Å². The third-order valence-electron chi connectivity index (χ3n) is 4.55. The Morgan fingerprint density at radius 3 is 2.65 bits per heavy atom. The maximum Gasteiger partial charge on any atom is 0.289 e. The van der Waals surface area contributed by atoms with Crippen molar-refractivity contribution in [1.29, 1.82) is 0 Å². The molecule has 5 nitrogen and oxygen atoms in total. The van der Waals surface area contributed by atoms with Crippen molar-refractivity contribution in [1.82, 2.24) is 15.3 Å². The van der Waals surface area contributed by atoms with E-state index in [1.807, 2.05) is 5.38 Å². The molecule has 124 valence electrons. The van der Waals surface area contributed by atoms with Crippen molar-refractivity contribution in [3.8, 4) is 0 Å². The van der Waals surface area contributed by atoms with Crippen molar-refractivity contribution in [3.63, 3.8) is 0 Å². The molecule has 1 saturated heterocycles. The number of fused-ring (bicyclic) bond motifs is 1. The Morgan fingerprint density at radius 2 is 2.00 bits per heavy atom. The predicted octanol–water partition coefficient (Wildman–Crippen LogP) is 3.52. The number of anilines is 1. The topological polar surface area (TPSA) is 58.1 Å². The summed E-state index contributed by atoms with van der Waals surface area (Å²) in [7, 11) is 0. The lowest BCUT2D eigenvalue weighted by Crippen LogP contribution is -2.35. The molecule has 6 heteroatoms. The normalized spacial score (nSPS) is 14.9. The Bertz CT molecular complexity index is 702. The minimum Gasteiger partial charge on any atom is -0.356 e. The first-order chi connectivity index (χ1) is 11.1. The van der Waals surface area contributed by atoms with Gasteiger partial charge in [0.2, 0.25) is 5.82 Å². The predicted molar refractivity (Wildman–Crippen MR) is 95.4 cm³/mol. The van der Waals surface area contributed by atoms with Crippen LogP contribution in [0.2, 0.25) is 0 Å². The van der Waals surface area contributed by atoms with Crippen LogP contribution in [0.4, 0.5) is 5.82 Å². The number of aromatic nitrogens is 2. The number of nitrogens with one attached hydrogen (secondary N) is 1. The second-order valence-electron chi connectivity index (χ2n) is 6.10. The van der Waals surface area contributed by atoms with Crippen molar-refractivity contribution in [2.24, 2.45) is 0 Å². The van der Waals surface area contributed by atoms with Crippen LogP contribution in [0.5, 0.6) is 0 Å². The number of carbonyl (C=O) groups excluding carboxylic acids is 1. The molecule has 1 N–H and O–H groups in total. The third kappa shape index (κ3) is 3.17. The van der Waals surface area contributed by atoms with Crippen LogP contribution >= 0.6 is 11.3 Å². The quantitative estimate of drug-likeness (QED) is 0.910. The van der Waals surface area contributed by atoms with Crippen molar-refractivity contribution in [3.05, 3.63) is 16.1 Å². The van der Waals surface area contributed by atoms with E-state index in [1.165, 1.54) is 17.7 Å². The average molecular weight is 332 g/mol. The zero-order valence-corrected chi connectivity index (χ0v) is 14.9. The van der Waals surface area contributed by atoms with Crippen molar-refractivity contribution in [2.75, 3.05) is 18.0 Å². The van der Waals surface area contributed by atoms with Gasteiger partial charge < -0.3 is 10.2 Å². The number of aryl methyl sites for hydroxylation is 1. The maximum absolute atomic E-state index is 12.5. The molecule has 0 saturated carbocycles. The van der Waals surface area contributed by atoms with Crippen LogP contribution in [-0.4, -0.2) is 35.0 Å². The summed E-state index contributed by atoms with van der Waals surface area (Å²) in [5.74, 6) is 1.06. The van der Waals surface area contributed by atoms with E-state index in [1.54, 1.807) is 11.3 Å². The largest absolute Gasteiger partial charge is 0.356 e. The van der Waals surface area contributed by atoms with Gasteiger partial charge in [0.05, 0.1) is 10.9 Å². The summed E-state index contributed by atoms with van der Waals surface area (Å²) in [6.07, 6.45) is 4.20. The minimum atomic E-state index is -0.162. The van der Waals surface area contributed by atoms with E-state index in [0.717, 1.165) is 42.7 Å². The van der Waals surface area contributed by atoms with E-state index in [0.29, 0.717) is 5.82 Å². The lowest BCUT2D eigenvalue weighted by Gasteiger charge is -2.19. The molecule has 0 bridgehead atoms. The maximum atomic E-state index is 12.5. The zero-order chi connectivity index (χ0) is 16.4. The molecule has 2 aromatic heterocycles. The van der Waals surface area contributed by atoms with Gasteiger partial charge in [-0.25, -0.2) is 9.97 Å². The zero-order valence-electron chi connectivity index (χ0n) is 14.1. The van der Waals surface area contributed by atoms with Crippen molar-refractivity contribution < 1.29 is 4.79 Å². The van der Waals surface area contributed by atoms with Crippen LogP contribution in [0.1, 0.15) is 55.0 Å². The molecule has 3 heterocycles. The summed E-state index contributed by atoms with van der Waals surface area (Å²) < 4.78 is 0. The Balaban J connectivity index is 1.99. The van der Waals surface area contributed by atoms with Crippen LogP contribution in [0.3, 0.4) is 0 Å². The minimum absolute atomic E-state index is 0.162. The van der Waals surface area contributed by atoms with Gasteiger partial charge in [-0.1, -0.05) is 13.8 Å². The highest BCUT2D eigenvalue weighted by atomic mass is 32.1. The molecule has 23 heavy (non-hydrogen) atoms. The fourth-order valence-corrected chi connectivity index (χ4v) is 3.87. The van der Waals surface area contributed by atoms with Crippen LogP contribution < -0.4 is 10.2 Å². The van der Waals surface area contributed by atoms with E-state index in [-0.39, 0.29) is 11.9 Å². The summed E-state index contributed by atoms with van der Waals surface area (Å²) in [5.41, 5.74) is 0.888. The van der Waals surface area contributed by atoms with E-state index in [4.69, 9.17) is 0 Å². The second kappa shape index (κ2) is 6.83. The molecule has 0 spiro atoms. The molecule has 1 aliphatic heterocycles. The van der Waals surface area contributed by atoms with Crippen LogP contribution in [0, 0.1) is 6.92 Å². The molecule has 0 radical (unpaired) electrons. The first-order valence-electron chi connectivity index (χ1n) is 8.45. The second-order valence-corrected chi connectivity index (χ2v) is 7.19. The standard InChI is InChI=1S/C17H24N4OS/c1-4-12(5-2)18-17(22)15-19-13-10-23-11(3)14(13)16(20-15)21-8-6-7-9-21/h10,12H,4-9H2,1-3H3,(H,18,22). The summed E-state index contributed by atoms with van der Waals surface area (Å²) in [6, 6.07) is 0.182. The van der Waals surface area contributed by atoms with Gasteiger partial charge in [0.25, 0.3) is 5.91 Å². The molecular weight excluding hydrogens is 308 g/mol. The van der Waals surface area contributed by atoms with Crippen LogP contribution in [-0.2, 0) is 0 Å². The Kier molecular flexibility index (Phi) is 4.80. The Labute approximate surface area is 141 Å². The molecule has 0 aromatic carbocycles. The van der Waals surface area contributed by atoms with Gasteiger partial charge in [-0.3, -0.25) is 4.79 Å². The van der Waals surface area contributed by atoms with Gasteiger partial charge in [0.1, 0.15) is 5.82 Å². The molecule has 0 unspecified atom stereocenters. The fraction of sp³-hybridized carbons (Fsp3) is 0.588. The third-order valence-corrected chi connectivity index (χ3v) is 5.45. The molecule has 1 amide bonds. The highest BCUT2D eigenvalue weighted by molar-refractivity contribution is 7.11. The lowest BCUT2D eigenvalue weighted by atomic mass is 10.2. The Morgan fingerprint density at radius 1 is 1.30 bits per heavy atom. The summed E-state index contributed by atoms with van der Waals surface area (Å²) in [6.45, 7) is 8.27. The lowest BCUT2D eigenvalue weighted by molar-refractivity contribution is 0.0924. The molecule has 0 aliphatic carbocycles. The monoisotopic (exact) mass is 332 g/mol. The molecule has 1 aliphatic rings. The van der Waals surface area contributed by atoms with E-state index < -0.39 is 0 Å². The molecule has 0 atom stereocenters. The number of carbonyl (C=O) groups is 1. The summed E-state index contributed by atoms with van der Waals surface area (Å²) >= 11 is 1.67. The van der Waals surface area contributed by atoms with E-state index in [2.05, 4.69) is 41.0 Å². The first kappa shape index (κ1) is 16.2. The molecule has 3 rings (SSSR count). The van der Waals surface area contributed by atoms with Gasteiger partial charge >= 0.3 is 0 Å². The van der Waals surface area contributed by atoms with Gasteiger partial charge in [0, 0.05) is 29.4 Å². The van der Waals surface area contributed by atoms with E-state index in [9.17, 15) is 4.79 Å². The van der Waals surface area contributed by atoms with Gasteiger partial charge in [-0.05, 0) is 32.6 Å². The Hall–Kier alpha value is -1.69.